The first kappa shape index (κ1) is 26.0. The molecule has 0 spiro atoms. The second kappa shape index (κ2) is 11.0. The van der Waals surface area contributed by atoms with E-state index in [4.69, 9.17) is 33.0 Å². The number of halogens is 2. The van der Waals surface area contributed by atoms with E-state index in [1.165, 1.54) is 24.3 Å². The highest BCUT2D eigenvalue weighted by atomic mass is 35.5. The number of ether oxygens (including phenoxy) is 1. The number of aromatic nitrogens is 2. The molecule has 0 bridgehead atoms. The van der Waals surface area contributed by atoms with Crippen LogP contribution in [0, 0.1) is 17.0 Å². The number of benzene rings is 4. The van der Waals surface area contributed by atoms with Crippen molar-refractivity contribution >= 4 is 40.5 Å². The lowest BCUT2D eigenvalue weighted by molar-refractivity contribution is -0.384. The molecule has 0 saturated heterocycles. The molecule has 0 fully saturated rings. The van der Waals surface area contributed by atoms with Gasteiger partial charge in [0, 0.05) is 22.7 Å². The Labute approximate surface area is 233 Å². The molecule has 1 N–H and O–H groups in total. The second-order valence-corrected chi connectivity index (χ2v) is 9.37. The summed E-state index contributed by atoms with van der Waals surface area (Å²) < 4.78 is 7.50. The summed E-state index contributed by atoms with van der Waals surface area (Å²) in [6, 6.07) is 27.4. The van der Waals surface area contributed by atoms with Crippen LogP contribution >= 0.6 is 23.2 Å². The molecule has 39 heavy (non-hydrogen) atoms. The summed E-state index contributed by atoms with van der Waals surface area (Å²) in [5.74, 6) is -0.113. The van der Waals surface area contributed by atoms with Gasteiger partial charge in [-0.05, 0) is 37.3 Å². The normalized spacial score (nSPS) is 10.7. The Balaban J connectivity index is 1.54. The van der Waals surface area contributed by atoms with E-state index in [0.29, 0.717) is 22.0 Å². The number of nitro benzene ring substituents is 1. The minimum absolute atomic E-state index is 0.115. The number of carbonyl (C=O) groups excluding carboxylic acids is 1. The summed E-state index contributed by atoms with van der Waals surface area (Å²) in [7, 11) is 0. The maximum Gasteiger partial charge on any atom is 0.275 e. The summed E-state index contributed by atoms with van der Waals surface area (Å²) >= 11 is 12.2. The van der Waals surface area contributed by atoms with Gasteiger partial charge in [0.05, 0.1) is 38.6 Å². The van der Waals surface area contributed by atoms with Gasteiger partial charge in [-0.15, -0.1) is 0 Å². The van der Waals surface area contributed by atoms with Crippen molar-refractivity contribution in [3.8, 4) is 28.4 Å². The maximum absolute atomic E-state index is 13.7. The fraction of sp³-hybridized carbons (Fsp3) is 0.0345. The number of para-hydroxylation sites is 1. The van der Waals surface area contributed by atoms with Crippen molar-refractivity contribution < 1.29 is 14.5 Å². The SMILES string of the molecule is Cc1c(C(=O)Nc2cc(Oc3ccc(Cl)cc3Cl)cc([N+](=O)[O-])c2)c(-c2ccccc2)nn1-c1ccccc1. The predicted octanol–water partition coefficient (Wildman–Crippen LogP) is 8.11. The van der Waals surface area contributed by atoms with Gasteiger partial charge in [-0.1, -0.05) is 71.7 Å². The first-order valence-electron chi connectivity index (χ1n) is 11.7. The summed E-state index contributed by atoms with van der Waals surface area (Å²) in [4.78, 5) is 24.8. The smallest absolute Gasteiger partial charge is 0.275 e. The Kier molecular flexibility index (Phi) is 7.31. The molecule has 1 heterocycles. The largest absolute Gasteiger partial charge is 0.455 e. The molecule has 1 amide bonds. The van der Waals surface area contributed by atoms with Gasteiger partial charge in [0.1, 0.15) is 17.2 Å². The molecule has 0 aliphatic heterocycles. The van der Waals surface area contributed by atoms with E-state index in [1.807, 2.05) is 60.7 Å². The third kappa shape index (κ3) is 5.62. The van der Waals surface area contributed by atoms with Crippen molar-refractivity contribution in [2.75, 3.05) is 5.32 Å². The van der Waals surface area contributed by atoms with Crippen molar-refractivity contribution in [3.05, 3.63) is 128 Å². The average Bonchev–Trinajstić information content (AvgIpc) is 3.28. The van der Waals surface area contributed by atoms with Gasteiger partial charge in [0.15, 0.2) is 0 Å². The number of rotatable bonds is 7. The average molecular weight is 559 g/mol. The number of carbonyl (C=O) groups is 1. The maximum atomic E-state index is 13.7. The van der Waals surface area contributed by atoms with E-state index in [2.05, 4.69) is 5.32 Å². The van der Waals surface area contributed by atoms with Crippen LogP contribution in [-0.2, 0) is 0 Å². The minimum Gasteiger partial charge on any atom is -0.455 e. The van der Waals surface area contributed by atoms with E-state index in [0.717, 1.165) is 11.3 Å². The molecule has 5 rings (SSSR count). The summed E-state index contributed by atoms with van der Waals surface area (Å²) in [6.45, 7) is 1.80. The Morgan fingerprint density at radius 3 is 2.31 bits per heavy atom. The summed E-state index contributed by atoms with van der Waals surface area (Å²) in [6.07, 6.45) is 0. The number of hydrogen-bond acceptors (Lipinski definition) is 5. The lowest BCUT2D eigenvalue weighted by atomic mass is 10.1. The van der Waals surface area contributed by atoms with Crippen LogP contribution in [0.15, 0.2) is 97.1 Å². The van der Waals surface area contributed by atoms with E-state index in [-0.39, 0.29) is 27.9 Å². The predicted molar refractivity (Wildman–Crippen MR) is 151 cm³/mol. The van der Waals surface area contributed by atoms with Gasteiger partial charge >= 0.3 is 0 Å². The lowest BCUT2D eigenvalue weighted by Crippen LogP contribution is -2.14. The minimum atomic E-state index is -0.569. The zero-order valence-corrected chi connectivity index (χ0v) is 22.0. The van der Waals surface area contributed by atoms with Crippen LogP contribution < -0.4 is 10.1 Å². The summed E-state index contributed by atoms with van der Waals surface area (Å²) in [5, 5.41) is 19.8. The van der Waals surface area contributed by atoms with Gasteiger partial charge in [-0.2, -0.15) is 5.10 Å². The molecule has 0 atom stereocenters. The van der Waals surface area contributed by atoms with Gasteiger partial charge in [-0.3, -0.25) is 14.9 Å². The van der Waals surface area contributed by atoms with Crippen LogP contribution in [0.1, 0.15) is 16.1 Å². The molecule has 4 aromatic carbocycles. The number of amides is 1. The van der Waals surface area contributed by atoms with Crippen LogP contribution in [0.4, 0.5) is 11.4 Å². The number of anilines is 1. The van der Waals surface area contributed by atoms with Gasteiger partial charge < -0.3 is 10.1 Å². The highest BCUT2D eigenvalue weighted by Gasteiger charge is 2.24. The zero-order valence-electron chi connectivity index (χ0n) is 20.5. The Hall–Kier alpha value is -4.66. The van der Waals surface area contributed by atoms with Crippen molar-refractivity contribution in [1.29, 1.82) is 0 Å². The van der Waals surface area contributed by atoms with Crippen LogP contribution in [0.25, 0.3) is 16.9 Å². The molecule has 8 nitrogen and oxygen atoms in total. The first-order valence-corrected chi connectivity index (χ1v) is 12.5. The van der Waals surface area contributed by atoms with E-state index in [9.17, 15) is 14.9 Å². The lowest BCUT2D eigenvalue weighted by Gasteiger charge is -2.11. The molecule has 0 aliphatic rings. The third-order valence-corrected chi connectivity index (χ3v) is 6.40. The number of hydrogen-bond donors (Lipinski definition) is 1. The van der Waals surface area contributed by atoms with Gasteiger partial charge in [0.25, 0.3) is 11.6 Å². The number of nitrogens with zero attached hydrogens (tertiary/aromatic N) is 3. The second-order valence-electron chi connectivity index (χ2n) is 8.53. The molecule has 0 aliphatic carbocycles. The van der Waals surface area contributed by atoms with Crippen LogP contribution in [0.2, 0.25) is 10.0 Å². The Morgan fingerprint density at radius 1 is 0.949 bits per heavy atom. The molecule has 0 unspecified atom stereocenters. The molecule has 0 radical (unpaired) electrons. The zero-order chi connectivity index (χ0) is 27.5. The first-order chi connectivity index (χ1) is 18.8. The van der Waals surface area contributed by atoms with Gasteiger partial charge in [0.2, 0.25) is 0 Å². The summed E-state index contributed by atoms with van der Waals surface area (Å²) in [5.41, 5.74) is 2.85. The van der Waals surface area contributed by atoms with Crippen molar-refractivity contribution in [2.24, 2.45) is 0 Å². The molecule has 0 saturated carbocycles. The molecule has 1 aromatic heterocycles. The van der Waals surface area contributed by atoms with Crippen molar-refractivity contribution in [2.45, 2.75) is 6.92 Å². The van der Waals surface area contributed by atoms with Crippen molar-refractivity contribution in [3.63, 3.8) is 0 Å². The fourth-order valence-electron chi connectivity index (χ4n) is 4.09. The molecule has 194 valence electrons. The van der Waals surface area contributed by atoms with E-state index >= 15 is 0 Å². The van der Waals surface area contributed by atoms with Crippen LogP contribution in [0.5, 0.6) is 11.5 Å². The van der Waals surface area contributed by atoms with E-state index < -0.39 is 10.8 Å². The highest BCUT2D eigenvalue weighted by molar-refractivity contribution is 6.35. The molecule has 5 aromatic rings. The Morgan fingerprint density at radius 2 is 1.64 bits per heavy atom. The number of nitrogens with one attached hydrogen (secondary N) is 1. The number of nitro groups is 1. The number of non-ortho nitro benzene ring substituents is 1. The van der Waals surface area contributed by atoms with Crippen LogP contribution in [0.3, 0.4) is 0 Å². The fourth-order valence-corrected chi connectivity index (χ4v) is 4.54. The topological polar surface area (TPSA) is 99.3 Å². The molecular formula is C29H20Cl2N4O4. The quantitative estimate of drug-likeness (QED) is 0.160. The standard InChI is InChI=1S/C29H20Cl2N4O4/c1-18-27(28(19-8-4-2-5-9-19)33-34(18)22-10-6-3-7-11-22)29(36)32-21-15-23(35(37)38)17-24(16-21)39-26-13-12-20(30)14-25(26)31/h2-17H,1H3,(H,32,36). The molecular weight excluding hydrogens is 539 g/mol. The van der Waals surface area contributed by atoms with Crippen LogP contribution in [-0.4, -0.2) is 20.6 Å². The monoisotopic (exact) mass is 558 g/mol. The van der Waals surface area contributed by atoms with Crippen molar-refractivity contribution in [1.82, 2.24) is 9.78 Å². The van der Waals surface area contributed by atoms with E-state index in [1.54, 1.807) is 23.7 Å². The third-order valence-electron chi connectivity index (χ3n) is 5.87. The highest BCUT2D eigenvalue weighted by Crippen LogP contribution is 2.35. The molecule has 10 heteroatoms. The Bertz CT molecular complexity index is 1690. The van der Waals surface area contributed by atoms with Gasteiger partial charge in [-0.25, -0.2) is 4.68 Å².